The molecule has 0 atom stereocenters. The summed E-state index contributed by atoms with van der Waals surface area (Å²) in [4.78, 5) is 1.13. The Morgan fingerprint density at radius 3 is 2.82 bits per heavy atom. The van der Waals surface area contributed by atoms with Crippen molar-refractivity contribution in [3.8, 4) is 11.5 Å². The summed E-state index contributed by atoms with van der Waals surface area (Å²) in [6.07, 6.45) is 2.50. The molecule has 22 heavy (non-hydrogen) atoms. The van der Waals surface area contributed by atoms with Gasteiger partial charge in [0.1, 0.15) is 0 Å². The van der Waals surface area contributed by atoms with Crippen molar-refractivity contribution in [1.82, 2.24) is 20.3 Å². The monoisotopic (exact) mass is 368 g/mol. The molecule has 9 heteroatoms. The second-order valence-electron chi connectivity index (χ2n) is 4.28. The molecular formula is C13H17BrN6O2. The summed E-state index contributed by atoms with van der Waals surface area (Å²) in [5.41, 5.74) is 6.35. The Bertz CT molecular complexity index is 658. The van der Waals surface area contributed by atoms with Gasteiger partial charge in [-0.25, -0.2) is 0 Å². The minimum atomic E-state index is 0.114. The smallest absolute Gasteiger partial charge is 0.263 e. The number of ether oxygens (including phenoxy) is 2. The molecule has 1 aromatic carbocycles. The molecule has 118 valence electrons. The quantitative estimate of drug-likeness (QED) is 0.750. The largest absolute Gasteiger partial charge is 0.490 e. The van der Waals surface area contributed by atoms with Gasteiger partial charge in [0.25, 0.3) is 5.95 Å². The van der Waals surface area contributed by atoms with Crippen molar-refractivity contribution < 1.29 is 9.47 Å². The van der Waals surface area contributed by atoms with E-state index in [0.29, 0.717) is 24.7 Å². The zero-order chi connectivity index (χ0) is 15.9. The first kappa shape index (κ1) is 16.2. The number of anilines is 1. The van der Waals surface area contributed by atoms with Crippen LogP contribution in [-0.2, 0) is 0 Å². The minimum absolute atomic E-state index is 0.114. The molecule has 0 aliphatic rings. The number of nitrogens with two attached hydrogens (primary N) is 1. The second kappa shape index (κ2) is 7.74. The Labute approximate surface area is 136 Å². The van der Waals surface area contributed by atoms with Gasteiger partial charge in [0.15, 0.2) is 11.5 Å². The molecule has 0 amide bonds. The first-order valence-corrected chi connectivity index (χ1v) is 7.62. The van der Waals surface area contributed by atoms with E-state index < -0.39 is 0 Å². The lowest BCUT2D eigenvalue weighted by atomic mass is 10.2. The molecule has 0 saturated carbocycles. The average Bonchev–Trinajstić information content (AvgIpc) is 2.90. The molecule has 0 fully saturated rings. The van der Waals surface area contributed by atoms with Crippen LogP contribution >= 0.6 is 15.9 Å². The third-order valence-electron chi connectivity index (χ3n) is 2.58. The molecule has 2 N–H and O–H groups in total. The summed E-state index contributed by atoms with van der Waals surface area (Å²) in [6.45, 7) is 5.12. The van der Waals surface area contributed by atoms with Gasteiger partial charge in [0, 0.05) is 0 Å². The normalized spacial score (nSPS) is 11.0. The van der Waals surface area contributed by atoms with E-state index in [9.17, 15) is 0 Å². The van der Waals surface area contributed by atoms with Crippen molar-refractivity contribution in [1.29, 1.82) is 0 Å². The lowest BCUT2D eigenvalue weighted by molar-refractivity contribution is 0.275. The maximum Gasteiger partial charge on any atom is 0.263 e. The highest BCUT2D eigenvalue weighted by Crippen LogP contribution is 2.36. The summed E-state index contributed by atoms with van der Waals surface area (Å²) in [5, 5.41) is 14.7. The third-order valence-corrected chi connectivity index (χ3v) is 3.16. The van der Waals surface area contributed by atoms with Gasteiger partial charge >= 0.3 is 0 Å². The van der Waals surface area contributed by atoms with Crippen LogP contribution in [0.25, 0.3) is 0 Å². The molecule has 0 saturated heterocycles. The van der Waals surface area contributed by atoms with E-state index in [4.69, 9.17) is 15.2 Å². The third kappa shape index (κ3) is 3.94. The number of halogens is 1. The van der Waals surface area contributed by atoms with Crippen molar-refractivity contribution in [3.63, 3.8) is 0 Å². The number of benzene rings is 1. The summed E-state index contributed by atoms with van der Waals surface area (Å²) in [6, 6.07) is 3.71. The Kier molecular flexibility index (Phi) is 5.70. The predicted molar refractivity (Wildman–Crippen MR) is 86.3 cm³/mol. The number of hydrogen-bond acceptors (Lipinski definition) is 7. The average molecular weight is 369 g/mol. The summed E-state index contributed by atoms with van der Waals surface area (Å²) in [7, 11) is 0. The lowest BCUT2D eigenvalue weighted by Gasteiger charge is -2.14. The number of rotatable bonds is 7. The SMILES string of the molecule is CCCOc1c(Br)cc(C=Nn2nnnc2N)cc1OCC. The molecule has 0 aliphatic carbocycles. The highest BCUT2D eigenvalue weighted by molar-refractivity contribution is 9.10. The lowest BCUT2D eigenvalue weighted by Crippen LogP contribution is -2.02. The zero-order valence-corrected chi connectivity index (χ0v) is 13.9. The molecule has 1 aromatic heterocycles. The molecule has 1 heterocycles. The fourth-order valence-corrected chi connectivity index (χ4v) is 2.24. The van der Waals surface area contributed by atoms with E-state index in [1.807, 2.05) is 26.0 Å². The van der Waals surface area contributed by atoms with E-state index in [-0.39, 0.29) is 5.95 Å². The predicted octanol–water partition coefficient (Wildman–Crippen LogP) is 2.09. The topological polar surface area (TPSA) is 100 Å². The summed E-state index contributed by atoms with van der Waals surface area (Å²) >= 11 is 3.49. The Morgan fingerprint density at radius 1 is 1.36 bits per heavy atom. The van der Waals surface area contributed by atoms with Crippen molar-refractivity contribution in [3.05, 3.63) is 22.2 Å². The van der Waals surface area contributed by atoms with Crippen LogP contribution in [0.15, 0.2) is 21.7 Å². The van der Waals surface area contributed by atoms with Crippen LogP contribution in [0.1, 0.15) is 25.8 Å². The highest BCUT2D eigenvalue weighted by Gasteiger charge is 2.11. The van der Waals surface area contributed by atoms with Gasteiger partial charge in [-0.1, -0.05) is 16.8 Å². The fourth-order valence-electron chi connectivity index (χ4n) is 1.66. The van der Waals surface area contributed by atoms with Crippen molar-refractivity contribution in [2.24, 2.45) is 5.10 Å². The van der Waals surface area contributed by atoms with Crippen LogP contribution in [0.4, 0.5) is 5.95 Å². The Hall–Kier alpha value is -2.16. The van der Waals surface area contributed by atoms with Crippen LogP contribution in [-0.4, -0.2) is 39.7 Å². The minimum Gasteiger partial charge on any atom is -0.490 e. The Morgan fingerprint density at radius 2 is 2.18 bits per heavy atom. The van der Waals surface area contributed by atoms with Crippen molar-refractivity contribution in [2.45, 2.75) is 20.3 Å². The molecule has 2 rings (SSSR count). The second-order valence-corrected chi connectivity index (χ2v) is 5.14. The van der Waals surface area contributed by atoms with E-state index in [2.05, 4.69) is 36.6 Å². The van der Waals surface area contributed by atoms with Gasteiger partial charge in [0.2, 0.25) is 0 Å². The van der Waals surface area contributed by atoms with Gasteiger partial charge < -0.3 is 15.2 Å². The molecule has 0 unspecified atom stereocenters. The molecule has 0 radical (unpaired) electrons. The van der Waals surface area contributed by atoms with E-state index in [1.54, 1.807) is 6.21 Å². The number of nitrogens with zero attached hydrogens (tertiary/aromatic N) is 5. The van der Waals surface area contributed by atoms with Crippen molar-refractivity contribution >= 4 is 28.1 Å². The van der Waals surface area contributed by atoms with Crippen LogP contribution < -0.4 is 15.2 Å². The number of tetrazole rings is 1. The standard InChI is InChI=1S/C13H17BrN6O2/c1-3-5-22-12-10(14)6-9(7-11(12)21-4-2)8-16-20-13(15)17-18-19-20/h6-8H,3-5H2,1-2H3,(H2,15,17,19). The van der Waals surface area contributed by atoms with Crippen LogP contribution in [0.5, 0.6) is 11.5 Å². The molecule has 0 bridgehead atoms. The molecule has 0 spiro atoms. The fraction of sp³-hybridized carbons (Fsp3) is 0.385. The van der Waals surface area contributed by atoms with Gasteiger partial charge in [-0.3, -0.25) is 0 Å². The van der Waals surface area contributed by atoms with Gasteiger partial charge in [0.05, 0.1) is 23.9 Å². The summed E-state index contributed by atoms with van der Waals surface area (Å²) < 4.78 is 12.1. The van der Waals surface area contributed by atoms with Crippen LogP contribution in [0.3, 0.4) is 0 Å². The number of aromatic nitrogens is 4. The molecule has 8 nitrogen and oxygen atoms in total. The molecule has 0 aliphatic heterocycles. The first-order chi connectivity index (χ1) is 10.7. The van der Waals surface area contributed by atoms with Crippen molar-refractivity contribution in [2.75, 3.05) is 18.9 Å². The molecular weight excluding hydrogens is 352 g/mol. The number of hydrogen-bond donors (Lipinski definition) is 1. The maximum absolute atomic E-state index is 5.72. The maximum atomic E-state index is 5.72. The zero-order valence-electron chi connectivity index (χ0n) is 12.4. The number of nitrogen functional groups attached to an aromatic ring is 1. The van der Waals surface area contributed by atoms with Crippen LogP contribution in [0, 0.1) is 0 Å². The van der Waals surface area contributed by atoms with Gasteiger partial charge in [-0.15, -0.1) is 0 Å². The van der Waals surface area contributed by atoms with Gasteiger partial charge in [-0.2, -0.15) is 5.10 Å². The highest BCUT2D eigenvalue weighted by atomic mass is 79.9. The van der Waals surface area contributed by atoms with E-state index >= 15 is 0 Å². The first-order valence-electron chi connectivity index (χ1n) is 6.83. The Balaban J connectivity index is 2.29. The van der Waals surface area contributed by atoms with E-state index in [0.717, 1.165) is 21.2 Å². The van der Waals surface area contributed by atoms with Gasteiger partial charge in [-0.05, 0) is 57.4 Å². The summed E-state index contributed by atoms with van der Waals surface area (Å²) in [5.74, 6) is 1.45. The van der Waals surface area contributed by atoms with Crippen LogP contribution in [0.2, 0.25) is 0 Å². The molecule has 2 aromatic rings. The van der Waals surface area contributed by atoms with E-state index in [1.165, 1.54) is 0 Å².